The maximum Gasteiger partial charge on any atom is 0.193 e. The summed E-state index contributed by atoms with van der Waals surface area (Å²) in [6.07, 6.45) is 3.65. The number of pyridine rings is 2. The molecule has 5 heteroatoms. The fourth-order valence-corrected chi connectivity index (χ4v) is 4.67. The number of piperidine rings is 1. The van der Waals surface area contributed by atoms with Crippen molar-refractivity contribution in [1.29, 1.82) is 0 Å². The van der Waals surface area contributed by atoms with Crippen LogP contribution in [0.5, 0.6) is 0 Å². The zero-order valence-corrected chi connectivity index (χ0v) is 19.1. The van der Waals surface area contributed by atoms with Crippen molar-refractivity contribution in [3.63, 3.8) is 0 Å². The van der Waals surface area contributed by atoms with Gasteiger partial charge in [-0.05, 0) is 48.9 Å². The summed E-state index contributed by atoms with van der Waals surface area (Å²) in [6, 6.07) is 24.4. The number of hydrogen-bond acceptors (Lipinski definition) is 4. The highest BCUT2D eigenvalue weighted by Gasteiger charge is 2.18. The topological polar surface area (TPSA) is 50.2 Å². The lowest BCUT2D eigenvalue weighted by Gasteiger charge is -2.28. The summed E-state index contributed by atoms with van der Waals surface area (Å²) < 4.78 is 2.16. The van der Waals surface area contributed by atoms with Crippen molar-refractivity contribution in [2.45, 2.75) is 39.3 Å². The molecule has 0 atom stereocenters. The summed E-state index contributed by atoms with van der Waals surface area (Å²) in [5.74, 6) is 1.77. The van der Waals surface area contributed by atoms with Crippen LogP contribution in [-0.4, -0.2) is 22.6 Å². The van der Waals surface area contributed by atoms with E-state index in [2.05, 4.69) is 57.2 Å². The maximum absolute atomic E-state index is 13.2. The van der Waals surface area contributed by atoms with Gasteiger partial charge in [-0.2, -0.15) is 0 Å². The summed E-state index contributed by atoms with van der Waals surface area (Å²) in [5.41, 5.74) is 4.10. The van der Waals surface area contributed by atoms with Crippen LogP contribution in [0.15, 0.2) is 77.6 Å². The van der Waals surface area contributed by atoms with E-state index < -0.39 is 0 Å². The first-order valence-corrected chi connectivity index (χ1v) is 11.8. The summed E-state index contributed by atoms with van der Waals surface area (Å²) in [7, 11) is 0. The van der Waals surface area contributed by atoms with E-state index in [4.69, 9.17) is 4.98 Å². The van der Waals surface area contributed by atoms with Gasteiger partial charge in [-0.25, -0.2) is 4.98 Å². The average molecular weight is 439 g/mol. The van der Waals surface area contributed by atoms with Crippen LogP contribution in [0, 0.1) is 6.92 Å². The zero-order valence-electron chi connectivity index (χ0n) is 19.1. The van der Waals surface area contributed by atoms with E-state index in [9.17, 15) is 4.79 Å². The monoisotopic (exact) mass is 438 g/mol. The second-order valence-corrected chi connectivity index (χ2v) is 8.85. The normalized spacial score (nSPS) is 13.9. The van der Waals surface area contributed by atoms with Crippen molar-refractivity contribution in [1.82, 2.24) is 9.55 Å². The number of rotatable bonds is 6. The van der Waals surface area contributed by atoms with E-state index in [0.29, 0.717) is 18.5 Å². The van der Waals surface area contributed by atoms with Crippen molar-refractivity contribution < 1.29 is 0 Å². The third-order valence-electron chi connectivity index (χ3n) is 6.42. The number of benzene rings is 2. The molecule has 1 aliphatic rings. The van der Waals surface area contributed by atoms with Crippen molar-refractivity contribution in [2.24, 2.45) is 0 Å². The third kappa shape index (κ3) is 4.63. The van der Waals surface area contributed by atoms with Crippen LogP contribution in [-0.2, 0) is 13.1 Å². The highest BCUT2D eigenvalue weighted by Crippen LogP contribution is 2.26. The van der Waals surface area contributed by atoms with Gasteiger partial charge in [0.2, 0.25) is 0 Å². The molecule has 33 heavy (non-hydrogen) atoms. The Hall–Kier alpha value is -3.60. The van der Waals surface area contributed by atoms with E-state index >= 15 is 0 Å². The number of nitrogens with one attached hydrogen (secondary N) is 1. The number of fused-ring (bicyclic) bond motifs is 1. The van der Waals surface area contributed by atoms with Gasteiger partial charge in [0, 0.05) is 25.7 Å². The highest BCUT2D eigenvalue weighted by molar-refractivity contribution is 5.83. The van der Waals surface area contributed by atoms with Crippen LogP contribution in [0.4, 0.5) is 11.6 Å². The average Bonchev–Trinajstić information content (AvgIpc) is 2.86. The Morgan fingerprint density at radius 1 is 0.879 bits per heavy atom. The Labute approximate surface area is 194 Å². The molecule has 5 rings (SSSR count). The van der Waals surface area contributed by atoms with Crippen molar-refractivity contribution in [2.75, 3.05) is 23.3 Å². The Morgan fingerprint density at radius 2 is 1.55 bits per heavy atom. The molecular formula is C28H30N4O. The maximum atomic E-state index is 13.2. The number of nitrogens with zero attached hydrogens (tertiary/aromatic N) is 3. The predicted molar refractivity (Wildman–Crippen MR) is 136 cm³/mol. The Bertz CT molecular complexity index is 1290. The number of hydrogen-bond donors (Lipinski definition) is 1. The van der Waals surface area contributed by atoms with Gasteiger partial charge in [-0.15, -0.1) is 0 Å². The molecule has 1 saturated heterocycles. The van der Waals surface area contributed by atoms with Crippen LogP contribution < -0.4 is 15.6 Å². The van der Waals surface area contributed by atoms with Crippen molar-refractivity contribution in [3.05, 3.63) is 99.7 Å². The minimum absolute atomic E-state index is 0.0140. The minimum atomic E-state index is 0.0140. The molecule has 1 fully saturated rings. The first-order chi connectivity index (χ1) is 16.2. The van der Waals surface area contributed by atoms with E-state index in [1.54, 1.807) is 6.07 Å². The van der Waals surface area contributed by atoms with Gasteiger partial charge >= 0.3 is 0 Å². The molecule has 0 aliphatic carbocycles. The van der Waals surface area contributed by atoms with Gasteiger partial charge in [0.25, 0.3) is 0 Å². The molecule has 3 heterocycles. The van der Waals surface area contributed by atoms with Gasteiger partial charge < -0.3 is 14.8 Å². The lowest BCUT2D eigenvalue weighted by molar-refractivity contribution is 0.573. The molecule has 2 aromatic carbocycles. The summed E-state index contributed by atoms with van der Waals surface area (Å²) >= 11 is 0. The quantitative estimate of drug-likeness (QED) is 0.441. The molecular weight excluding hydrogens is 408 g/mol. The highest BCUT2D eigenvalue weighted by atomic mass is 16.1. The summed E-state index contributed by atoms with van der Waals surface area (Å²) in [6.45, 7) is 5.36. The van der Waals surface area contributed by atoms with E-state index in [-0.39, 0.29) is 5.43 Å². The molecule has 0 bridgehead atoms. The fraction of sp³-hybridized carbons (Fsp3) is 0.286. The lowest BCUT2D eigenvalue weighted by atomic mass is 10.1. The fourth-order valence-electron chi connectivity index (χ4n) is 4.67. The van der Waals surface area contributed by atoms with Crippen LogP contribution in [0.1, 0.15) is 36.0 Å². The molecule has 0 saturated carbocycles. The smallest absolute Gasteiger partial charge is 0.193 e. The second kappa shape index (κ2) is 9.49. The molecule has 1 N–H and O–H groups in total. The first-order valence-electron chi connectivity index (χ1n) is 11.8. The summed E-state index contributed by atoms with van der Waals surface area (Å²) in [5, 5.41) is 4.22. The van der Waals surface area contributed by atoms with Crippen LogP contribution in [0.2, 0.25) is 0 Å². The molecule has 4 aromatic rings. The Kier molecular flexibility index (Phi) is 6.11. The predicted octanol–water partition coefficient (Wildman–Crippen LogP) is 5.36. The molecule has 0 radical (unpaired) electrons. The van der Waals surface area contributed by atoms with Crippen LogP contribution in [0.3, 0.4) is 0 Å². The van der Waals surface area contributed by atoms with E-state index in [1.165, 1.54) is 30.4 Å². The largest absolute Gasteiger partial charge is 0.367 e. The van der Waals surface area contributed by atoms with Crippen LogP contribution >= 0.6 is 0 Å². The molecule has 5 nitrogen and oxygen atoms in total. The Balaban J connectivity index is 1.63. The molecule has 1 aliphatic heterocycles. The molecule has 0 spiro atoms. The summed E-state index contributed by atoms with van der Waals surface area (Å²) in [4.78, 5) is 20.7. The van der Waals surface area contributed by atoms with Gasteiger partial charge in [0.1, 0.15) is 17.3 Å². The van der Waals surface area contributed by atoms with Gasteiger partial charge in [0.15, 0.2) is 5.43 Å². The van der Waals surface area contributed by atoms with Gasteiger partial charge in [-0.1, -0.05) is 60.7 Å². The second-order valence-electron chi connectivity index (χ2n) is 8.85. The number of aryl methyl sites for hydroxylation is 1. The van der Waals surface area contributed by atoms with Crippen molar-refractivity contribution >= 4 is 22.7 Å². The molecule has 2 aromatic heterocycles. The molecule has 0 unspecified atom stereocenters. The lowest BCUT2D eigenvalue weighted by Crippen LogP contribution is -2.30. The van der Waals surface area contributed by atoms with Crippen molar-refractivity contribution in [3.8, 4) is 0 Å². The van der Waals surface area contributed by atoms with Crippen LogP contribution in [0.25, 0.3) is 11.0 Å². The van der Waals surface area contributed by atoms with Gasteiger partial charge in [0.05, 0.1) is 11.9 Å². The van der Waals surface area contributed by atoms with Gasteiger partial charge in [-0.3, -0.25) is 4.79 Å². The SMILES string of the molecule is Cc1cc(N2CCCCC2)nc2c1c(=O)cc(NCc1ccccc1)n2Cc1ccccc1. The molecule has 168 valence electrons. The number of aromatic nitrogens is 2. The third-order valence-corrected chi connectivity index (χ3v) is 6.42. The molecule has 0 amide bonds. The Morgan fingerprint density at radius 3 is 2.24 bits per heavy atom. The van der Waals surface area contributed by atoms with E-state index in [0.717, 1.165) is 35.9 Å². The van der Waals surface area contributed by atoms with E-state index in [1.807, 2.05) is 31.2 Å². The first kappa shape index (κ1) is 21.3. The standard InChI is InChI=1S/C28H30N4O/c1-21-17-26(31-15-9-4-10-16-31)30-28-27(21)24(33)18-25(29-19-22-11-5-2-6-12-22)32(28)20-23-13-7-3-8-14-23/h2-3,5-8,11-14,17-18,29H,4,9-10,15-16,19-20H2,1H3. The zero-order chi connectivity index (χ0) is 22.6. The number of anilines is 2. The minimum Gasteiger partial charge on any atom is -0.367 e.